The van der Waals surface area contributed by atoms with Crippen LogP contribution < -0.4 is 0 Å². The Bertz CT molecular complexity index is 189. The van der Waals surface area contributed by atoms with Gasteiger partial charge in [0.25, 0.3) is 0 Å². The second-order valence-electron chi connectivity index (χ2n) is 4.49. The Morgan fingerprint density at radius 1 is 0.812 bits per heavy atom. The largest absolute Gasteiger partial charge is 0.466 e. The molecule has 16 heavy (non-hydrogen) atoms. The lowest BCUT2D eigenvalue weighted by Gasteiger charge is -2.04. The number of carbonyl (C=O) groups excluding carboxylic acids is 1. The minimum Gasteiger partial charge on any atom is -0.466 e. The van der Waals surface area contributed by atoms with Crippen LogP contribution in [0.25, 0.3) is 0 Å². The van der Waals surface area contributed by atoms with Gasteiger partial charge in [-0.2, -0.15) is 0 Å². The molecule has 1 aliphatic rings. The summed E-state index contributed by atoms with van der Waals surface area (Å²) in [6.45, 7) is 0.614. The Morgan fingerprint density at radius 3 is 2.19 bits per heavy atom. The zero-order valence-corrected chi connectivity index (χ0v) is 10.2. The van der Waals surface area contributed by atoms with E-state index in [2.05, 4.69) is 12.2 Å². The van der Waals surface area contributed by atoms with Gasteiger partial charge in [-0.15, -0.1) is 0 Å². The zero-order valence-electron chi connectivity index (χ0n) is 10.2. The van der Waals surface area contributed by atoms with E-state index in [1.807, 2.05) is 0 Å². The average Bonchev–Trinajstić information content (AvgIpc) is 2.29. The van der Waals surface area contributed by atoms with Crippen LogP contribution in [-0.4, -0.2) is 12.6 Å². The van der Waals surface area contributed by atoms with Crippen LogP contribution in [0.3, 0.4) is 0 Å². The third-order valence-corrected chi connectivity index (χ3v) is 2.95. The van der Waals surface area contributed by atoms with E-state index < -0.39 is 0 Å². The molecule has 2 nitrogen and oxygen atoms in total. The Hall–Kier alpha value is -0.790. The lowest BCUT2D eigenvalue weighted by atomic mass is 10.1. The van der Waals surface area contributed by atoms with Gasteiger partial charge in [-0.3, -0.25) is 4.79 Å². The first-order valence-corrected chi connectivity index (χ1v) is 6.70. The molecule has 0 N–H and O–H groups in total. The highest BCUT2D eigenvalue weighted by atomic mass is 16.5. The Balaban J connectivity index is 2.19. The molecule has 0 atom stereocenters. The zero-order chi connectivity index (χ0) is 11.5. The molecule has 0 radical (unpaired) electrons. The van der Waals surface area contributed by atoms with Gasteiger partial charge < -0.3 is 4.74 Å². The van der Waals surface area contributed by atoms with Gasteiger partial charge in [-0.1, -0.05) is 25.0 Å². The van der Waals surface area contributed by atoms with E-state index in [1.165, 1.54) is 32.1 Å². The van der Waals surface area contributed by atoms with Crippen LogP contribution in [0.15, 0.2) is 12.2 Å². The fourth-order valence-electron chi connectivity index (χ4n) is 1.92. The van der Waals surface area contributed by atoms with Gasteiger partial charge in [-0.25, -0.2) is 0 Å². The molecule has 0 amide bonds. The van der Waals surface area contributed by atoms with Crippen molar-refractivity contribution in [3.05, 3.63) is 12.2 Å². The molecule has 2 heteroatoms. The number of rotatable bonds is 0. The van der Waals surface area contributed by atoms with E-state index in [9.17, 15) is 4.79 Å². The van der Waals surface area contributed by atoms with Crippen molar-refractivity contribution in [2.45, 2.75) is 64.2 Å². The summed E-state index contributed by atoms with van der Waals surface area (Å²) in [6, 6.07) is 0. The van der Waals surface area contributed by atoms with Crippen molar-refractivity contribution in [2.75, 3.05) is 6.61 Å². The van der Waals surface area contributed by atoms with Crippen molar-refractivity contribution < 1.29 is 9.53 Å². The molecular formula is C14H24O2. The third-order valence-electron chi connectivity index (χ3n) is 2.95. The van der Waals surface area contributed by atoms with Gasteiger partial charge in [0, 0.05) is 6.42 Å². The molecule has 1 aliphatic heterocycles. The first-order chi connectivity index (χ1) is 7.89. The topological polar surface area (TPSA) is 26.3 Å². The normalized spacial score (nSPS) is 21.9. The minimum atomic E-state index is -0.00648. The predicted molar refractivity (Wildman–Crippen MR) is 66.3 cm³/mol. The molecular weight excluding hydrogens is 200 g/mol. The summed E-state index contributed by atoms with van der Waals surface area (Å²) in [7, 11) is 0. The predicted octanol–water partition coefficient (Wildman–Crippen LogP) is 4.00. The summed E-state index contributed by atoms with van der Waals surface area (Å²) in [5.74, 6) is -0.00648. The van der Waals surface area contributed by atoms with Crippen LogP contribution >= 0.6 is 0 Å². The van der Waals surface area contributed by atoms with Crippen molar-refractivity contribution in [1.82, 2.24) is 0 Å². The van der Waals surface area contributed by atoms with Crippen molar-refractivity contribution in [3.8, 4) is 0 Å². The van der Waals surface area contributed by atoms with Crippen molar-refractivity contribution in [1.29, 1.82) is 0 Å². The highest BCUT2D eigenvalue weighted by Gasteiger charge is 2.02. The summed E-state index contributed by atoms with van der Waals surface area (Å²) in [5, 5.41) is 0. The maximum atomic E-state index is 11.3. The maximum absolute atomic E-state index is 11.3. The van der Waals surface area contributed by atoms with Crippen molar-refractivity contribution >= 4 is 5.97 Å². The third kappa shape index (κ3) is 7.49. The van der Waals surface area contributed by atoms with Crippen molar-refractivity contribution in [2.24, 2.45) is 0 Å². The first kappa shape index (κ1) is 13.3. The number of ether oxygens (including phenoxy) is 1. The summed E-state index contributed by atoms with van der Waals surface area (Å²) < 4.78 is 5.16. The molecule has 0 saturated carbocycles. The lowest BCUT2D eigenvalue weighted by molar-refractivity contribution is -0.143. The summed E-state index contributed by atoms with van der Waals surface area (Å²) in [5.41, 5.74) is 0. The molecule has 0 spiro atoms. The van der Waals surface area contributed by atoms with Crippen LogP contribution in [-0.2, 0) is 9.53 Å². The molecule has 0 aromatic rings. The molecule has 0 saturated heterocycles. The van der Waals surface area contributed by atoms with Crippen LogP contribution in [0.2, 0.25) is 0 Å². The van der Waals surface area contributed by atoms with Crippen LogP contribution in [0.1, 0.15) is 64.2 Å². The minimum absolute atomic E-state index is 0.00648. The van der Waals surface area contributed by atoms with Gasteiger partial charge in [-0.05, 0) is 44.9 Å². The lowest BCUT2D eigenvalue weighted by Crippen LogP contribution is -2.05. The fourth-order valence-corrected chi connectivity index (χ4v) is 1.92. The Morgan fingerprint density at radius 2 is 1.44 bits per heavy atom. The highest BCUT2D eigenvalue weighted by molar-refractivity contribution is 5.69. The summed E-state index contributed by atoms with van der Waals surface area (Å²) in [6.07, 6.45) is 15.6. The van der Waals surface area contributed by atoms with E-state index >= 15 is 0 Å². The number of hydrogen-bond donors (Lipinski definition) is 0. The summed E-state index contributed by atoms with van der Waals surface area (Å²) in [4.78, 5) is 11.3. The number of allylic oxidation sites excluding steroid dienone is 2. The standard InChI is InChI=1S/C14H24O2/c15-14-12-10-8-6-4-2-1-3-5-7-9-11-13-16-14/h1,3H,2,4-13H2. The fraction of sp³-hybridized carbons (Fsp3) is 0.786. The smallest absolute Gasteiger partial charge is 0.305 e. The van der Waals surface area contributed by atoms with Crippen LogP contribution in [0.4, 0.5) is 0 Å². The molecule has 0 aliphatic carbocycles. The Labute approximate surface area is 99.1 Å². The quantitative estimate of drug-likeness (QED) is 0.459. The van der Waals surface area contributed by atoms with E-state index in [0.29, 0.717) is 13.0 Å². The number of hydrogen-bond acceptors (Lipinski definition) is 2. The second-order valence-corrected chi connectivity index (χ2v) is 4.49. The molecule has 0 aromatic heterocycles. The average molecular weight is 224 g/mol. The molecule has 92 valence electrons. The molecule has 0 aromatic carbocycles. The number of carbonyl (C=O) groups is 1. The highest BCUT2D eigenvalue weighted by Crippen LogP contribution is 2.09. The Kier molecular flexibility index (Phi) is 7.83. The maximum Gasteiger partial charge on any atom is 0.305 e. The van der Waals surface area contributed by atoms with E-state index in [4.69, 9.17) is 4.74 Å². The molecule has 0 bridgehead atoms. The second kappa shape index (κ2) is 9.44. The van der Waals surface area contributed by atoms with E-state index in [1.54, 1.807) is 0 Å². The summed E-state index contributed by atoms with van der Waals surface area (Å²) >= 11 is 0. The van der Waals surface area contributed by atoms with Gasteiger partial charge in [0.15, 0.2) is 0 Å². The van der Waals surface area contributed by atoms with Crippen molar-refractivity contribution in [3.63, 3.8) is 0 Å². The van der Waals surface area contributed by atoms with E-state index in [-0.39, 0.29) is 5.97 Å². The molecule has 0 fully saturated rings. The first-order valence-electron chi connectivity index (χ1n) is 6.70. The molecule has 1 heterocycles. The van der Waals surface area contributed by atoms with Crippen LogP contribution in [0.5, 0.6) is 0 Å². The molecule has 1 rings (SSSR count). The number of cyclic esters (lactones) is 1. The van der Waals surface area contributed by atoms with E-state index in [0.717, 1.165) is 25.7 Å². The monoisotopic (exact) mass is 224 g/mol. The van der Waals surface area contributed by atoms with Gasteiger partial charge in [0.05, 0.1) is 6.61 Å². The molecule has 0 unspecified atom stereocenters. The van der Waals surface area contributed by atoms with Crippen LogP contribution in [0, 0.1) is 0 Å². The van der Waals surface area contributed by atoms with Gasteiger partial charge in [0.1, 0.15) is 0 Å². The number of esters is 1. The SMILES string of the molecule is O=C1CCCCCCC=CCCCCCO1. The van der Waals surface area contributed by atoms with Gasteiger partial charge in [0.2, 0.25) is 0 Å². The van der Waals surface area contributed by atoms with Gasteiger partial charge >= 0.3 is 5.97 Å².